The molecule has 0 bridgehead atoms. The van der Waals surface area contributed by atoms with Crippen molar-refractivity contribution in [1.82, 2.24) is 24.8 Å². The molecule has 2 aromatic rings. The molecule has 0 amide bonds. The van der Waals surface area contributed by atoms with Crippen molar-refractivity contribution in [3.8, 4) is 0 Å². The molecule has 2 heterocycles. The Hall–Kier alpha value is -1.36. The van der Waals surface area contributed by atoms with Crippen LogP contribution in [0.2, 0.25) is 0 Å². The first-order valence-electron chi connectivity index (χ1n) is 5.70. The Morgan fingerprint density at radius 3 is 2.88 bits per heavy atom. The normalized spacial score (nSPS) is 10.9. The zero-order chi connectivity index (χ0) is 12.1. The lowest BCUT2D eigenvalue weighted by molar-refractivity contribution is 0.589. The highest BCUT2D eigenvalue weighted by atomic mass is 35.5. The van der Waals surface area contributed by atoms with Gasteiger partial charge in [-0.2, -0.15) is 5.10 Å². The van der Waals surface area contributed by atoms with Gasteiger partial charge < -0.3 is 0 Å². The van der Waals surface area contributed by atoms with Crippen LogP contribution in [0.3, 0.4) is 0 Å². The van der Waals surface area contributed by atoms with E-state index in [0.717, 1.165) is 31.5 Å². The quantitative estimate of drug-likeness (QED) is 0.732. The Morgan fingerprint density at radius 2 is 2.18 bits per heavy atom. The molecule has 0 radical (unpaired) electrons. The van der Waals surface area contributed by atoms with E-state index >= 15 is 0 Å². The molecule has 17 heavy (non-hydrogen) atoms. The van der Waals surface area contributed by atoms with Gasteiger partial charge in [0, 0.05) is 31.9 Å². The number of halogens is 1. The minimum Gasteiger partial charge on any atom is -0.276 e. The topological polar surface area (TPSA) is 48.5 Å². The maximum absolute atomic E-state index is 5.64. The van der Waals surface area contributed by atoms with Crippen LogP contribution in [0.1, 0.15) is 17.7 Å². The number of nitrogens with zero attached hydrogens (tertiary/aromatic N) is 5. The lowest BCUT2D eigenvalue weighted by Crippen LogP contribution is -2.01. The van der Waals surface area contributed by atoms with Crippen LogP contribution in [0.25, 0.3) is 0 Å². The average molecular weight is 254 g/mol. The summed E-state index contributed by atoms with van der Waals surface area (Å²) in [7, 11) is 1.92. The van der Waals surface area contributed by atoms with Crippen LogP contribution in [-0.4, -0.2) is 30.7 Å². The third-order valence-electron chi connectivity index (χ3n) is 2.54. The average Bonchev–Trinajstić information content (AvgIpc) is 2.93. The van der Waals surface area contributed by atoms with Gasteiger partial charge in [0.1, 0.15) is 0 Å². The first kappa shape index (κ1) is 12.1. The molecule has 0 atom stereocenters. The maximum atomic E-state index is 5.64. The van der Waals surface area contributed by atoms with Gasteiger partial charge in [-0.05, 0) is 24.8 Å². The van der Waals surface area contributed by atoms with E-state index in [0.29, 0.717) is 5.88 Å². The molecule has 2 rings (SSSR count). The van der Waals surface area contributed by atoms with Crippen molar-refractivity contribution < 1.29 is 0 Å². The van der Waals surface area contributed by atoms with Gasteiger partial charge in [-0.3, -0.25) is 9.36 Å². The summed E-state index contributed by atoms with van der Waals surface area (Å²) in [5.74, 6) is 0.669. The molecule has 0 spiro atoms. The van der Waals surface area contributed by atoms with Gasteiger partial charge in [0.15, 0.2) is 0 Å². The van der Waals surface area contributed by atoms with Crippen LogP contribution in [0.15, 0.2) is 18.6 Å². The molecule has 0 unspecified atom stereocenters. The summed E-state index contributed by atoms with van der Waals surface area (Å²) in [4.78, 5) is 0. The third kappa shape index (κ3) is 3.56. The van der Waals surface area contributed by atoms with E-state index in [2.05, 4.69) is 15.4 Å². The number of aryl methyl sites for hydroxylation is 4. The fourth-order valence-electron chi connectivity index (χ4n) is 1.65. The van der Waals surface area contributed by atoms with Gasteiger partial charge in [0.25, 0.3) is 0 Å². The van der Waals surface area contributed by atoms with E-state index in [-0.39, 0.29) is 0 Å². The number of hydrogen-bond acceptors (Lipinski definition) is 3. The van der Waals surface area contributed by atoms with E-state index in [4.69, 9.17) is 11.6 Å². The zero-order valence-electron chi connectivity index (χ0n) is 9.88. The van der Waals surface area contributed by atoms with Gasteiger partial charge >= 0.3 is 0 Å². The Morgan fingerprint density at radius 1 is 1.29 bits per heavy atom. The first-order valence-corrected chi connectivity index (χ1v) is 6.24. The highest BCUT2D eigenvalue weighted by molar-refractivity contribution is 6.17. The van der Waals surface area contributed by atoms with E-state index in [9.17, 15) is 0 Å². The second-order valence-electron chi connectivity index (χ2n) is 4.04. The standard InChI is InChI=1S/C11H16ClN5/c1-16-8-10(7-13-16)4-6-17-9-11(14-15-17)3-2-5-12/h7-9H,2-6H2,1H3. The predicted octanol–water partition coefficient (Wildman–Crippen LogP) is 1.43. The summed E-state index contributed by atoms with van der Waals surface area (Å²) in [6.07, 6.45) is 8.66. The first-order chi connectivity index (χ1) is 8.28. The molecule has 0 aliphatic heterocycles. The molecule has 6 heteroatoms. The van der Waals surface area contributed by atoms with E-state index in [1.54, 1.807) is 0 Å². The fourth-order valence-corrected chi connectivity index (χ4v) is 1.79. The lowest BCUT2D eigenvalue weighted by atomic mass is 10.2. The van der Waals surface area contributed by atoms with Gasteiger partial charge in [0.05, 0.1) is 11.9 Å². The Kier molecular flexibility index (Phi) is 4.14. The summed E-state index contributed by atoms with van der Waals surface area (Å²) in [5.41, 5.74) is 2.22. The highest BCUT2D eigenvalue weighted by Crippen LogP contribution is 2.02. The van der Waals surface area contributed by atoms with E-state index in [1.807, 2.05) is 35.0 Å². The van der Waals surface area contributed by atoms with Crippen molar-refractivity contribution in [2.75, 3.05) is 5.88 Å². The lowest BCUT2D eigenvalue weighted by Gasteiger charge is -1.97. The molecule has 0 saturated carbocycles. The van der Waals surface area contributed by atoms with Crippen LogP contribution >= 0.6 is 11.6 Å². The molecule has 0 aliphatic rings. The summed E-state index contributed by atoms with van der Waals surface area (Å²) < 4.78 is 3.68. The third-order valence-corrected chi connectivity index (χ3v) is 2.81. The summed E-state index contributed by atoms with van der Waals surface area (Å²) >= 11 is 5.64. The highest BCUT2D eigenvalue weighted by Gasteiger charge is 2.01. The van der Waals surface area contributed by atoms with E-state index < -0.39 is 0 Å². The van der Waals surface area contributed by atoms with Crippen LogP contribution in [0.4, 0.5) is 0 Å². The van der Waals surface area contributed by atoms with Crippen molar-refractivity contribution >= 4 is 11.6 Å². The summed E-state index contributed by atoms with van der Waals surface area (Å²) in [6.45, 7) is 0.833. The minimum atomic E-state index is 0.669. The van der Waals surface area contributed by atoms with Crippen LogP contribution < -0.4 is 0 Å². The summed E-state index contributed by atoms with van der Waals surface area (Å²) in [6, 6.07) is 0. The number of aromatic nitrogens is 5. The van der Waals surface area contributed by atoms with E-state index in [1.165, 1.54) is 5.56 Å². The maximum Gasteiger partial charge on any atom is 0.0827 e. The Bertz CT molecular complexity index is 462. The Balaban J connectivity index is 1.84. The minimum absolute atomic E-state index is 0.669. The molecule has 0 fully saturated rings. The Labute approximate surface area is 105 Å². The largest absolute Gasteiger partial charge is 0.276 e. The van der Waals surface area contributed by atoms with Crippen molar-refractivity contribution in [1.29, 1.82) is 0 Å². The van der Waals surface area contributed by atoms with Crippen molar-refractivity contribution in [2.24, 2.45) is 7.05 Å². The van der Waals surface area contributed by atoms with Crippen molar-refractivity contribution in [2.45, 2.75) is 25.8 Å². The molecule has 0 saturated heterocycles. The number of rotatable bonds is 6. The van der Waals surface area contributed by atoms with Gasteiger partial charge in [-0.15, -0.1) is 16.7 Å². The second kappa shape index (κ2) is 5.82. The molecule has 5 nitrogen and oxygen atoms in total. The number of hydrogen-bond donors (Lipinski definition) is 0. The molecule has 0 N–H and O–H groups in total. The number of alkyl halides is 1. The summed E-state index contributed by atoms with van der Waals surface area (Å²) in [5, 5.41) is 12.3. The molecular weight excluding hydrogens is 238 g/mol. The molecule has 92 valence electrons. The van der Waals surface area contributed by atoms with Crippen LogP contribution in [0.5, 0.6) is 0 Å². The molecule has 0 aliphatic carbocycles. The van der Waals surface area contributed by atoms with Gasteiger partial charge in [-0.25, -0.2) is 0 Å². The molecule has 2 aromatic heterocycles. The second-order valence-corrected chi connectivity index (χ2v) is 4.42. The fraction of sp³-hybridized carbons (Fsp3) is 0.545. The predicted molar refractivity (Wildman–Crippen MR) is 66.0 cm³/mol. The van der Waals surface area contributed by atoms with Crippen LogP contribution in [-0.2, 0) is 26.4 Å². The SMILES string of the molecule is Cn1cc(CCn2cc(CCCCl)nn2)cn1. The smallest absolute Gasteiger partial charge is 0.0827 e. The molecular formula is C11H16ClN5. The van der Waals surface area contributed by atoms with Crippen molar-refractivity contribution in [3.63, 3.8) is 0 Å². The van der Waals surface area contributed by atoms with Crippen molar-refractivity contribution in [3.05, 3.63) is 29.8 Å². The van der Waals surface area contributed by atoms with Gasteiger partial charge in [-0.1, -0.05) is 5.21 Å². The molecule has 0 aromatic carbocycles. The van der Waals surface area contributed by atoms with Crippen LogP contribution in [0, 0.1) is 0 Å². The van der Waals surface area contributed by atoms with Gasteiger partial charge in [0.2, 0.25) is 0 Å². The monoisotopic (exact) mass is 253 g/mol. The zero-order valence-corrected chi connectivity index (χ0v) is 10.6.